The molecule has 1 aromatic carbocycles. The van der Waals surface area contributed by atoms with Gasteiger partial charge in [-0.25, -0.2) is 0 Å². The topological polar surface area (TPSA) is 74.3 Å². The number of hydrogen-bond acceptors (Lipinski definition) is 6. The van der Waals surface area contributed by atoms with Gasteiger partial charge in [-0.3, -0.25) is 9.59 Å². The number of carbonyl (C=O) groups is 2. The summed E-state index contributed by atoms with van der Waals surface area (Å²) >= 11 is 0. The lowest BCUT2D eigenvalue weighted by Crippen LogP contribution is -2.40. The molecule has 0 fully saturated rings. The molecule has 1 rings (SSSR count). The Morgan fingerprint density at radius 3 is 2.58 bits per heavy atom. The van der Waals surface area contributed by atoms with Gasteiger partial charge in [0.05, 0.1) is 20.1 Å². The SMILES string of the molecule is CCOCCCN(CC(C)C(=O)OC)C(=O)COc1cccc(OC)c1. The molecule has 0 bridgehead atoms. The molecule has 0 aliphatic rings. The van der Waals surface area contributed by atoms with E-state index in [0.717, 1.165) is 0 Å². The first-order valence-electron chi connectivity index (χ1n) is 8.72. The van der Waals surface area contributed by atoms with E-state index in [1.165, 1.54) is 7.11 Å². The van der Waals surface area contributed by atoms with Crippen molar-refractivity contribution in [1.29, 1.82) is 0 Å². The standard InChI is InChI=1S/C19H29NO6/c1-5-25-11-7-10-20(13-15(2)19(22)24-4)18(21)14-26-17-9-6-8-16(12-17)23-3/h6,8-9,12,15H,5,7,10-11,13-14H2,1-4H3. The Morgan fingerprint density at radius 1 is 1.19 bits per heavy atom. The highest BCUT2D eigenvalue weighted by molar-refractivity contribution is 5.79. The van der Waals surface area contributed by atoms with Crippen LogP contribution in [-0.2, 0) is 19.1 Å². The minimum atomic E-state index is -0.409. The van der Waals surface area contributed by atoms with Crippen LogP contribution >= 0.6 is 0 Å². The van der Waals surface area contributed by atoms with Crippen molar-refractivity contribution >= 4 is 11.9 Å². The Kier molecular flexibility index (Phi) is 10.2. The van der Waals surface area contributed by atoms with Gasteiger partial charge in [-0.1, -0.05) is 13.0 Å². The molecule has 1 atom stereocenters. The van der Waals surface area contributed by atoms with Gasteiger partial charge in [0.2, 0.25) is 0 Å². The normalized spacial score (nSPS) is 11.5. The van der Waals surface area contributed by atoms with E-state index < -0.39 is 5.92 Å². The van der Waals surface area contributed by atoms with Crippen molar-refractivity contribution in [3.05, 3.63) is 24.3 Å². The molecule has 0 spiro atoms. The number of benzene rings is 1. The van der Waals surface area contributed by atoms with E-state index in [4.69, 9.17) is 18.9 Å². The van der Waals surface area contributed by atoms with E-state index in [1.54, 1.807) is 43.2 Å². The van der Waals surface area contributed by atoms with Gasteiger partial charge in [0, 0.05) is 32.4 Å². The Labute approximate surface area is 155 Å². The summed E-state index contributed by atoms with van der Waals surface area (Å²) in [6, 6.07) is 7.06. The fourth-order valence-electron chi connectivity index (χ4n) is 2.35. The van der Waals surface area contributed by atoms with E-state index in [9.17, 15) is 9.59 Å². The van der Waals surface area contributed by atoms with Crippen LogP contribution in [0.5, 0.6) is 11.5 Å². The summed E-state index contributed by atoms with van der Waals surface area (Å²) < 4.78 is 20.8. The van der Waals surface area contributed by atoms with Crippen LogP contribution in [0.1, 0.15) is 20.3 Å². The van der Waals surface area contributed by atoms with Gasteiger partial charge in [0.25, 0.3) is 5.91 Å². The number of amides is 1. The van der Waals surface area contributed by atoms with Gasteiger partial charge in [-0.15, -0.1) is 0 Å². The summed E-state index contributed by atoms with van der Waals surface area (Å²) in [6.07, 6.45) is 0.687. The lowest BCUT2D eigenvalue weighted by atomic mass is 10.1. The second-order valence-corrected chi connectivity index (χ2v) is 5.78. The van der Waals surface area contributed by atoms with Crippen LogP contribution < -0.4 is 9.47 Å². The van der Waals surface area contributed by atoms with E-state index in [1.807, 2.05) is 6.92 Å². The van der Waals surface area contributed by atoms with Gasteiger partial charge < -0.3 is 23.8 Å². The van der Waals surface area contributed by atoms with Crippen molar-refractivity contribution in [2.75, 3.05) is 47.1 Å². The van der Waals surface area contributed by atoms with Gasteiger partial charge in [0.15, 0.2) is 6.61 Å². The largest absolute Gasteiger partial charge is 0.497 e. The molecule has 0 N–H and O–H groups in total. The van der Waals surface area contributed by atoms with E-state index in [2.05, 4.69) is 0 Å². The van der Waals surface area contributed by atoms with Crippen LogP contribution in [0.3, 0.4) is 0 Å². The number of carbonyl (C=O) groups excluding carboxylic acids is 2. The summed E-state index contributed by atoms with van der Waals surface area (Å²) in [5, 5.41) is 0. The van der Waals surface area contributed by atoms with Crippen molar-refractivity contribution in [3.8, 4) is 11.5 Å². The van der Waals surface area contributed by atoms with Gasteiger partial charge in [0.1, 0.15) is 11.5 Å². The van der Waals surface area contributed by atoms with Crippen LogP contribution in [0.4, 0.5) is 0 Å². The second-order valence-electron chi connectivity index (χ2n) is 5.78. The molecule has 0 saturated carbocycles. The molecular weight excluding hydrogens is 338 g/mol. The number of hydrogen-bond donors (Lipinski definition) is 0. The van der Waals surface area contributed by atoms with Crippen molar-refractivity contribution in [2.45, 2.75) is 20.3 Å². The zero-order valence-corrected chi connectivity index (χ0v) is 16.0. The zero-order chi connectivity index (χ0) is 19.4. The molecule has 7 nitrogen and oxygen atoms in total. The molecule has 1 aromatic rings. The maximum Gasteiger partial charge on any atom is 0.310 e. The number of nitrogens with zero attached hydrogens (tertiary/aromatic N) is 1. The summed E-state index contributed by atoms with van der Waals surface area (Å²) in [6.45, 7) is 5.49. The highest BCUT2D eigenvalue weighted by atomic mass is 16.5. The Hall–Kier alpha value is -2.28. The monoisotopic (exact) mass is 367 g/mol. The highest BCUT2D eigenvalue weighted by Gasteiger charge is 2.21. The predicted octanol–water partition coefficient (Wildman–Crippen LogP) is 2.14. The lowest BCUT2D eigenvalue weighted by Gasteiger charge is -2.25. The molecule has 0 saturated heterocycles. The van der Waals surface area contributed by atoms with Crippen molar-refractivity contribution in [2.24, 2.45) is 5.92 Å². The molecule has 26 heavy (non-hydrogen) atoms. The Morgan fingerprint density at radius 2 is 1.92 bits per heavy atom. The Balaban J connectivity index is 2.64. The molecule has 1 unspecified atom stereocenters. The summed E-state index contributed by atoms with van der Waals surface area (Å²) in [7, 11) is 2.91. The minimum Gasteiger partial charge on any atom is -0.497 e. The molecule has 0 radical (unpaired) electrons. The zero-order valence-electron chi connectivity index (χ0n) is 16.0. The molecule has 0 heterocycles. The first-order chi connectivity index (χ1) is 12.5. The van der Waals surface area contributed by atoms with Gasteiger partial charge >= 0.3 is 5.97 Å². The van der Waals surface area contributed by atoms with Crippen LogP contribution in [0.25, 0.3) is 0 Å². The van der Waals surface area contributed by atoms with E-state index in [0.29, 0.717) is 37.7 Å². The fourth-order valence-corrected chi connectivity index (χ4v) is 2.35. The lowest BCUT2D eigenvalue weighted by molar-refractivity contribution is -0.146. The van der Waals surface area contributed by atoms with Gasteiger partial charge in [-0.2, -0.15) is 0 Å². The molecule has 146 valence electrons. The van der Waals surface area contributed by atoms with Crippen LogP contribution in [0, 0.1) is 5.92 Å². The van der Waals surface area contributed by atoms with Crippen LogP contribution in [0.2, 0.25) is 0 Å². The molecule has 0 aromatic heterocycles. The maximum atomic E-state index is 12.6. The highest BCUT2D eigenvalue weighted by Crippen LogP contribution is 2.19. The molecule has 1 amide bonds. The predicted molar refractivity (Wildman–Crippen MR) is 97.4 cm³/mol. The number of esters is 1. The number of ether oxygens (including phenoxy) is 4. The van der Waals surface area contributed by atoms with Crippen LogP contribution in [0.15, 0.2) is 24.3 Å². The average Bonchev–Trinajstić information content (AvgIpc) is 2.67. The molecule has 7 heteroatoms. The average molecular weight is 367 g/mol. The fraction of sp³-hybridized carbons (Fsp3) is 0.579. The third-order valence-corrected chi connectivity index (χ3v) is 3.77. The molecule has 0 aliphatic heterocycles. The Bertz CT molecular complexity index is 563. The van der Waals surface area contributed by atoms with Gasteiger partial charge in [-0.05, 0) is 25.5 Å². The maximum absolute atomic E-state index is 12.6. The summed E-state index contributed by atoms with van der Waals surface area (Å²) in [5.41, 5.74) is 0. The van der Waals surface area contributed by atoms with E-state index in [-0.39, 0.29) is 25.0 Å². The minimum absolute atomic E-state index is 0.115. The van der Waals surface area contributed by atoms with Crippen molar-refractivity contribution in [3.63, 3.8) is 0 Å². The summed E-state index contributed by atoms with van der Waals surface area (Å²) in [4.78, 5) is 25.8. The number of rotatable bonds is 12. The number of methoxy groups -OCH3 is 2. The van der Waals surface area contributed by atoms with E-state index >= 15 is 0 Å². The first kappa shape index (κ1) is 21.8. The van der Waals surface area contributed by atoms with Crippen molar-refractivity contribution in [1.82, 2.24) is 4.90 Å². The third kappa shape index (κ3) is 7.74. The third-order valence-electron chi connectivity index (χ3n) is 3.77. The molecule has 0 aliphatic carbocycles. The smallest absolute Gasteiger partial charge is 0.310 e. The van der Waals surface area contributed by atoms with Crippen LogP contribution in [-0.4, -0.2) is 63.9 Å². The van der Waals surface area contributed by atoms with Crippen molar-refractivity contribution < 1.29 is 28.5 Å². The first-order valence-corrected chi connectivity index (χ1v) is 8.72. The summed E-state index contributed by atoms with van der Waals surface area (Å²) in [5.74, 6) is 0.255. The molecular formula is C19H29NO6. The second kappa shape index (κ2) is 12.1. The quantitative estimate of drug-likeness (QED) is 0.416.